The van der Waals surface area contributed by atoms with Crippen LogP contribution < -0.4 is 15.0 Å². The molecule has 1 atom stereocenters. The molecule has 1 heterocycles. The second-order valence-electron chi connectivity index (χ2n) is 10.3. The summed E-state index contributed by atoms with van der Waals surface area (Å²) >= 11 is 0. The molecule has 41 heavy (non-hydrogen) atoms. The summed E-state index contributed by atoms with van der Waals surface area (Å²) in [4.78, 5) is 27.0. The van der Waals surface area contributed by atoms with Crippen LogP contribution in [0.15, 0.2) is 109 Å². The first-order valence-corrected chi connectivity index (χ1v) is 13.7. The number of carbonyl (C=O) groups is 2. The maximum absolute atomic E-state index is 13.1. The average Bonchev–Trinajstić information content (AvgIpc) is 3.01. The van der Waals surface area contributed by atoms with Crippen LogP contribution in [-0.2, 0) is 6.54 Å². The van der Waals surface area contributed by atoms with Gasteiger partial charge in [-0.1, -0.05) is 78.9 Å². The Kier molecular flexibility index (Phi) is 7.13. The molecule has 0 saturated heterocycles. The van der Waals surface area contributed by atoms with Crippen molar-refractivity contribution in [3.8, 4) is 16.9 Å². The lowest BCUT2D eigenvalue weighted by Gasteiger charge is -2.31. The summed E-state index contributed by atoms with van der Waals surface area (Å²) in [5, 5.41) is 15.0. The fourth-order valence-corrected chi connectivity index (χ4v) is 5.35. The molecule has 0 aromatic heterocycles. The average molecular weight is 543 g/mol. The highest BCUT2D eigenvalue weighted by Crippen LogP contribution is 2.34. The van der Waals surface area contributed by atoms with Gasteiger partial charge >= 0.3 is 5.97 Å². The van der Waals surface area contributed by atoms with Gasteiger partial charge in [0, 0.05) is 12.1 Å². The first-order chi connectivity index (χ1) is 20.0. The highest BCUT2D eigenvalue weighted by Gasteiger charge is 2.21. The second-order valence-corrected chi connectivity index (χ2v) is 10.3. The van der Waals surface area contributed by atoms with E-state index in [-0.39, 0.29) is 17.5 Å². The lowest BCUT2D eigenvalue weighted by molar-refractivity contribution is 0.0697. The zero-order valence-corrected chi connectivity index (χ0v) is 22.7. The number of anilines is 1. The smallest absolute Gasteiger partial charge is 0.336 e. The number of aromatic carboxylic acids is 1. The lowest BCUT2D eigenvalue weighted by atomic mass is 9.98. The van der Waals surface area contributed by atoms with Crippen LogP contribution in [-0.4, -0.2) is 30.1 Å². The molecule has 0 fully saturated rings. The second kappa shape index (κ2) is 11.2. The van der Waals surface area contributed by atoms with Gasteiger partial charge in [-0.3, -0.25) is 4.79 Å². The Morgan fingerprint density at radius 1 is 0.878 bits per heavy atom. The van der Waals surface area contributed by atoms with E-state index in [0.29, 0.717) is 30.0 Å². The number of benzene rings is 5. The molecule has 0 aliphatic carbocycles. The van der Waals surface area contributed by atoms with E-state index in [9.17, 15) is 14.7 Å². The topological polar surface area (TPSA) is 78.9 Å². The van der Waals surface area contributed by atoms with Crippen LogP contribution in [0.1, 0.15) is 44.8 Å². The van der Waals surface area contributed by atoms with Crippen LogP contribution in [0.25, 0.3) is 21.9 Å². The Labute approximate surface area is 238 Å². The third-order valence-electron chi connectivity index (χ3n) is 7.60. The third-order valence-corrected chi connectivity index (χ3v) is 7.60. The zero-order chi connectivity index (χ0) is 28.3. The minimum absolute atomic E-state index is 0.147. The summed E-state index contributed by atoms with van der Waals surface area (Å²) in [5.74, 6) is -0.397. The van der Waals surface area contributed by atoms with Gasteiger partial charge in [-0.15, -0.1) is 0 Å². The fraction of sp³-hybridized carbons (Fsp3) is 0.143. The largest absolute Gasteiger partial charge is 0.490 e. The van der Waals surface area contributed by atoms with Gasteiger partial charge in [0.05, 0.1) is 23.8 Å². The Balaban J connectivity index is 1.15. The monoisotopic (exact) mass is 542 g/mol. The Hall–Kier alpha value is -5.10. The van der Waals surface area contributed by atoms with Crippen molar-refractivity contribution in [2.75, 3.05) is 18.1 Å². The van der Waals surface area contributed by atoms with Crippen LogP contribution in [0.3, 0.4) is 0 Å². The van der Waals surface area contributed by atoms with E-state index in [0.717, 1.165) is 34.3 Å². The molecule has 0 unspecified atom stereocenters. The maximum Gasteiger partial charge on any atom is 0.336 e. The van der Waals surface area contributed by atoms with Crippen LogP contribution in [0.2, 0.25) is 0 Å². The summed E-state index contributed by atoms with van der Waals surface area (Å²) in [6, 6.07) is 34.9. The fourth-order valence-electron chi connectivity index (χ4n) is 5.35. The van der Waals surface area contributed by atoms with Crippen molar-refractivity contribution in [3.63, 3.8) is 0 Å². The molecule has 204 valence electrons. The number of carboxylic acid groups (broad SMARTS) is 1. The standard InChI is InChI=1S/C35H30N2O4/c1-23(27-15-14-25-6-2-3-7-28(25)20-27)36-34(38)29-16-17-32-33(21-29)41-19-18-37(32)22-24-10-12-26(13-11-24)30-8-4-5-9-31(30)35(39)40/h2-17,20-21,23H,18-19,22H2,1H3,(H,36,38)(H,39,40)/t23-/m0/s1. The number of amides is 1. The molecule has 5 aromatic carbocycles. The van der Waals surface area contributed by atoms with Crippen molar-refractivity contribution in [1.82, 2.24) is 5.32 Å². The Morgan fingerprint density at radius 3 is 2.44 bits per heavy atom. The van der Waals surface area contributed by atoms with Crippen molar-refractivity contribution >= 4 is 28.3 Å². The molecule has 0 spiro atoms. The normalized spacial score (nSPS) is 13.2. The van der Waals surface area contributed by atoms with Gasteiger partial charge in [0.25, 0.3) is 5.91 Å². The van der Waals surface area contributed by atoms with Gasteiger partial charge in [0.2, 0.25) is 0 Å². The van der Waals surface area contributed by atoms with E-state index in [1.54, 1.807) is 12.1 Å². The SMILES string of the molecule is C[C@H](NC(=O)c1ccc2c(c1)OCCN2Cc1ccc(-c2ccccc2C(=O)O)cc1)c1ccc2ccccc2c1. The molecule has 6 nitrogen and oxygen atoms in total. The van der Waals surface area contributed by atoms with Crippen molar-refractivity contribution < 1.29 is 19.4 Å². The summed E-state index contributed by atoms with van der Waals surface area (Å²) in [7, 11) is 0. The minimum atomic E-state index is -0.939. The molecular weight excluding hydrogens is 512 g/mol. The third kappa shape index (κ3) is 5.50. The number of ether oxygens (including phenoxy) is 1. The number of nitrogens with zero attached hydrogens (tertiary/aromatic N) is 1. The van der Waals surface area contributed by atoms with E-state index in [1.807, 2.05) is 73.7 Å². The summed E-state index contributed by atoms with van der Waals surface area (Å²) in [5.41, 5.74) is 5.49. The van der Waals surface area contributed by atoms with Gasteiger partial charge in [0.1, 0.15) is 12.4 Å². The van der Waals surface area contributed by atoms with Gasteiger partial charge in [-0.25, -0.2) is 4.79 Å². The van der Waals surface area contributed by atoms with Crippen LogP contribution in [0, 0.1) is 0 Å². The molecular formula is C35H30N2O4. The molecule has 6 rings (SSSR count). The molecule has 5 aromatic rings. The predicted octanol–water partition coefficient (Wildman–Crippen LogP) is 7.10. The summed E-state index contributed by atoms with van der Waals surface area (Å²) < 4.78 is 5.96. The molecule has 0 bridgehead atoms. The van der Waals surface area contributed by atoms with Crippen molar-refractivity contribution in [3.05, 3.63) is 131 Å². The first-order valence-electron chi connectivity index (χ1n) is 13.7. The molecule has 0 saturated carbocycles. The highest BCUT2D eigenvalue weighted by atomic mass is 16.5. The van der Waals surface area contributed by atoms with Crippen LogP contribution in [0.4, 0.5) is 5.69 Å². The van der Waals surface area contributed by atoms with Crippen LogP contribution >= 0.6 is 0 Å². The van der Waals surface area contributed by atoms with E-state index < -0.39 is 5.97 Å². The van der Waals surface area contributed by atoms with Gasteiger partial charge in [-0.2, -0.15) is 0 Å². The summed E-state index contributed by atoms with van der Waals surface area (Å²) in [6.45, 7) is 3.91. The van der Waals surface area contributed by atoms with Crippen molar-refractivity contribution in [2.45, 2.75) is 19.5 Å². The minimum Gasteiger partial charge on any atom is -0.490 e. The van der Waals surface area contributed by atoms with Crippen molar-refractivity contribution in [2.24, 2.45) is 0 Å². The van der Waals surface area contributed by atoms with Crippen molar-refractivity contribution in [1.29, 1.82) is 0 Å². The first kappa shape index (κ1) is 26.1. The molecule has 1 amide bonds. The Morgan fingerprint density at radius 2 is 1.63 bits per heavy atom. The number of rotatable bonds is 7. The van der Waals surface area contributed by atoms with Gasteiger partial charge < -0.3 is 20.1 Å². The number of hydrogen-bond donors (Lipinski definition) is 2. The molecule has 1 aliphatic rings. The molecule has 1 aliphatic heterocycles. The lowest BCUT2D eigenvalue weighted by Crippen LogP contribution is -2.32. The van der Waals surface area contributed by atoms with Gasteiger partial charge in [-0.05, 0) is 70.3 Å². The molecule has 6 heteroatoms. The number of carbonyl (C=O) groups excluding carboxylic acids is 1. The van der Waals surface area contributed by atoms with Gasteiger partial charge in [0.15, 0.2) is 0 Å². The van der Waals surface area contributed by atoms with E-state index in [1.165, 1.54) is 5.39 Å². The molecule has 0 radical (unpaired) electrons. The quantitative estimate of drug-likeness (QED) is 0.229. The number of hydrogen-bond acceptors (Lipinski definition) is 4. The Bertz CT molecular complexity index is 1750. The van der Waals surface area contributed by atoms with E-state index in [4.69, 9.17) is 4.74 Å². The maximum atomic E-state index is 13.1. The van der Waals surface area contributed by atoms with E-state index in [2.05, 4.69) is 40.5 Å². The van der Waals surface area contributed by atoms with Crippen LogP contribution in [0.5, 0.6) is 5.75 Å². The number of fused-ring (bicyclic) bond motifs is 2. The molecule has 2 N–H and O–H groups in total. The summed E-state index contributed by atoms with van der Waals surface area (Å²) in [6.07, 6.45) is 0. The highest BCUT2D eigenvalue weighted by molar-refractivity contribution is 5.96. The zero-order valence-electron chi connectivity index (χ0n) is 22.7. The predicted molar refractivity (Wildman–Crippen MR) is 162 cm³/mol. The number of nitrogens with one attached hydrogen (secondary N) is 1. The number of carboxylic acids is 1. The van der Waals surface area contributed by atoms with E-state index >= 15 is 0 Å².